The van der Waals surface area contributed by atoms with Gasteiger partial charge in [-0.05, 0) is 11.6 Å². The topological polar surface area (TPSA) is 83.8 Å². The van der Waals surface area contributed by atoms with E-state index in [2.05, 4.69) is 21.0 Å². The van der Waals surface area contributed by atoms with Crippen molar-refractivity contribution >= 4 is 22.6 Å². The number of fused-ring (bicyclic) bond motifs is 1. The van der Waals surface area contributed by atoms with Crippen LogP contribution < -0.4 is 4.74 Å². The van der Waals surface area contributed by atoms with Crippen LogP contribution in [0.25, 0.3) is 11.0 Å². The normalized spacial score (nSPS) is 19.0. The maximum atomic E-state index is 9.04. The number of nitrogens with zero attached hydrogens (tertiary/aromatic N) is 3. The molecular weight excluding hydrogens is 256 g/mol. The van der Waals surface area contributed by atoms with Crippen LogP contribution in [0.2, 0.25) is 5.28 Å². The molecular formula is C11H9ClN4O2. The summed E-state index contributed by atoms with van der Waals surface area (Å²) < 4.78 is 11.0. The van der Waals surface area contributed by atoms with Crippen LogP contribution in [0.3, 0.4) is 0 Å². The van der Waals surface area contributed by atoms with Gasteiger partial charge in [-0.25, -0.2) is 0 Å². The first kappa shape index (κ1) is 11.3. The lowest BCUT2D eigenvalue weighted by molar-refractivity contribution is 0.139. The van der Waals surface area contributed by atoms with Crippen molar-refractivity contribution in [3.05, 3.63) is 17.0 Å². The van der Waals surface area contributed by atoms with Gasteiger partial charge in [-0.2, -0.15) is 15.2 Å². The number of H-pyrrole nitrogens is 1. The Kier molecular flexibility index (Phi) is 2.78. The molecule has 0 aliphatic carbocycles. The Morgan fingerprint density at radius 3 is 3.17 bits per heavy atom. The molecule has 2 aromatic heterocycles. The van der Waals surface area contributed by atoms with Gasteiger partial charge in [0.15, 0.2) is 0 Å². The molecule has 1 atom stereocenters. The lowest BCUT2D eigenvalue weighted by Crippen LogP contribution is -2.16. The number of hydrogen-bond donors (Lipinski definition) is 1. The largest absolute Gasteiger partial charge is 0.471 e. The van der Waals surface area contributed by atoms with E-state index in [0.29, 0.717) is 35.7 Å². The fraction of sp³-hybridized carbons (Fsp3) is 0.364. The number of nitrogens with one attached hydrogen (secondary N) is 1. The van der Waals surface area contributed by atoms with E-state index in [4.69, 9.17) is 26.3 Å². The fourth-order valence-corrected chi connectivity index (χ4v) is 2.07. The lowest BCUT2D eigenvalue weighted by atomic mass is 10.2. The average molecular weight is 265 g/mol. The summed E-state index contributed by atoms with van der Waals surface area (Å²) >= 11 is 5.83. The second kappa shape index (κ2) is 4.44. The minimum Gasteiger partial charge on any atom is -0.471 e. The van der Waals surface area contributed by atoms with Gasteiger partial charge in [0.25, 0.3) is 0 Å². The van der Waals surface area contributed by atoms with Crippen LogP contribution in [-0.4, -0.2) is 34.3 Å². The molecule has 0 bridgehead atoms. The van der Waals surface area contributed by atoms with Gasteiger partial charge in [0.05, 0.1) is 24.2 Å². The summed E-state index contributed by atoms with van der Waals surface area (Å²) in [7, 11) is 0. The van der Waals surface area contributed by atoms with Crippen molar-refractivity contribution in [2.45, 2.75) is 12.5 Å². The van der Waals surface area contributed by atoms with E-state index < -0.39 is 0 Å². The minimum atomic E-state index is -0.0550. The summed E-state index contributed by atoms with van der Waals surface area (Å²) in [5.41, 5.74) is 0.941. The van der Waals surface area contributed by atoms with Crippen molar-refractivity contribution in [1.82, 2.24) is 15.0 Å². The number of nitriles is 1. The summed E-state index contributed by atoms with van der Waals surface area (Å²) in [5.74, 6) is 0.332. The monoisotopic (exact) mass is 264 g/mol. The molecule has 6 nitrogen and oxygen atoms in total. The van der Waals surface area contributed by atoms with Crippen molar-refractivity contribution in [2.75, 3.05) is 13.2 Å². The average Bonchev–Trinajstić information content (AvgIpc) is 2.97. The van der Waals surface area contributed by atoms with Gasteiger partial charge in [-0.1, -0.05) is 0 Å². The van der Waals surface area contributed by atoms with Crippen molar-refractivity contribution in [3.63, 3.8) is 0 Å². The highest BCUT2D eigenvalue weighted by molar-refractivity contribution is 6.28. The van der Waals surface area contributed by atoms with Gasteiger partial charge in [0, 0.05) is 12.6 Å². The molecule has 1 saturated heterocycles. The SMILES string of the molecule is N#Cc1c[nH]c2nc(Cl)nc(OC3CCOC3)c12. The standard InChI is InChI=1S/C11H9ClN4O2/c12-11-15-9-8(6(3-13)4-14-9)10(16-11)18-7-1-2-17-5-7/h4,7H,1-2,5H2,(H,14,15,16). The third-order valence-corrected chi connectivity index (χ3v) is 2.93. The van der Waals surface area contributed by atoms with Crippen molar-refractivity contribution in [3.8, 4) is 11.9 Å². The van der Waals surface area contributed by atoms with E-state index in [1.807, 2.05) is 0 Å². The molecule has 92 valence electrons. The highest BCUT2D eigenvalue weighted by atomic mass is 35.5. The highest BCUT2D eigenvalue weighted by Gasteiger charge is 2.21. The Hall–Kier alpha value is -1.84. The third-order valence-electron chi connectivity index (χ3n) is 2.76. The molecule has 1 aliphatic heterocycles. The summed E-state index contributed by atoms with van der Waals surface area (Å²) in [5, 5.41) is 9.69. The molecule has 0 aromatic carbocycles. The Morgan fingerprint density at radius 2 is 2.44 bits per heavy atom. The van der Waals surface area contributed by atoms with Gasteiger partial charge in [-0.3, -0.25) is 0 Å². The zero-order valence-electron chi connectivity index (χ0n) is 9.31. The summed E-state index contributed by atoms with van der Waals surface area (Å²) in [6.45, 7) is 1.19. The molecule has 3 rings (SSSR count). The van der Waals surface area contributed by atoms with Crippen molar-refractivity contribution < 1.29 is 9.47 Å². The molecule has 0 saturated carbocycles. The summed E-state index contributed by atoms with van der Waals surface area (Å²) in [6.07, 6.45) is 2.31. The van der Waals surface area contributed by atoms with Gasteiger partial charge in [0.1, 0.15) is 17.8 Å². The number of rotatable bonds is 2. The van der Waals surface area contributed by atoms with E-state index in [1.54, 1.807) is 6.20 Å². The van der Waals surface area contributed by atoms with Crippen LogP contribution in [0.15, 0.2) is 6.20 Å². The molecule has 1 N–H and O–H groups in total. The van der Waals surface area contributed by atoms with E-state index in [-0.39, 0.29) is 11.4 Å². The smallest absolute Gasteiger partial charge is 0.229 e. The molecule has 2 aromatic rings. The first-order chi connectivity index (χ1) is 8.78. The summed E-state index contributed by atoms with van der Waals surface area (Å²) in [6, 6.07) is 2.07. The van der Waals surface area contributed by atoms with Crippen LogP contribution in [0, 0.1) is 11.3 Å². The van der Waals surface area contributed by atoms with Crippen molar-refractivity contribution in [2.24, 2.45) is 0 Å². The Morgan fingerprint density at radius 1 is 1.56 bits per heavy atom. The van der Waals surface area contributed by atoms with Crippen LogP contribution in [0.4, 0.5) is 0 Å². The zero-order chi connectivity index (χ0) is 12.5. The van der Waals surface area contributed by atoms with E-state index in [9.17, 15) is 0 Å². The van der Waals surface area contributed by atoms with Gasteiger partial charge >= 0.3 is 0 Å². The van der Waals surface area contributed by atoms with Crippen molar-refractivity contribution in [1.29, 1.82) is 5.26 Å². The Balaban J connectivity index is 2.07. The Bertz CT molecular complexity index is 628. The first-order valence-corrected chi connectivity index (χ1v) is 5.85. The molecule has 3 heterocycles. The van der Waals surface area contributed by atoms with Crippen LogP contribution in [0.1, 0.15) is 12.0 Å². The fourth-order valence-electron chi connectivity index (χ4n) is 1.91. The molecule has 7 heteroatoms. The number of aromatic amines is 1. The number of aromatic nitrogens is 3. The molecule has 0 amide bonds. The molecule has 0 radical (unpaired) electrons. The number of halogens is 1. The van der Waals surface area contributed by atoms with Crippen LogP contribution >= 0.6 is 11.6 Å². The third kappa shape index (κ3) is 1.88. The van der Waals surface area contributed by atoms with Crippen LogP contribution in [-0.2, 0) is 4.74 Å². The molecule has 18 heavy (non-hydrogen) atoms. The van der Waals surface area contributed by atoms with E-state index >= 15 is 0 Å². The quantitative estimate of drug-likeness (QED) is 0.834. The molecule has 1 unspecified atom stereocenters. The van der Waals surface area contributed by atoms with Crippen LogP contribution in [0.5, 0.6) is 5.88 Å². The predicted octanol–water partition coefficient (Wildman–Crippen LogP) is 1.65. The maximum absolute atomic E-state index is 9.04. The van der Waals surface area contributed by atoms with E-state index in [0.717, 1.165) is 6.42 Å². The zero-order valence-corrected chi connectivity index (χ0v) is 10.1. The van der Waals surface area contributed by atoms with Gasteiger partial charge < -0.3 is 14.5 Å². The molecule has 1 aliphatic rings. The lowest BCUT2D eigenvalue weighted by Gasteiger charge is -2.11. The molecule has 0 spiro atoms. The molecule has 1 fully saturated rings. The first-order valence-electron chi connectivity index (χ1n) is 5.47. The summed E-state index contributed by atoms with van der Waals surface area (Å²) in [4.78, 5) is 10.9. The Labute approximate surface area is 108 Å². The van der Waals surface area contributed by atoms with E-state index in [1.165, 1.54) is 0 Å². The second-order valence-corrected chi connectivity index (χ2v) is 4.28. The minimum absolute atomic E-state index is 0.0550. The van der Waals surface area contributed by atoms with Gasteiger partial charge in [0.2, 0.25) is 11.2 Å². The van der Waals surface area contributed by atoms with Gasteiger partial charge in [-0.15, -0.1) is 0 Å². The number of ether oxygens (including phenoxy) is 2. The predicted molar refractivity (Wildman–Crippen MR) is 63.5 cm³/mol. The maximum Gasteiger partial charge on any atom is 0.229 e. The highest BCUT2D eigenvalue weighted by Crippen LogP contribution is 2.28. The second-order valence-electron chi connectivity index (χ2n) is 3.94. The number of hydrogen-bond acceptors (Lipinski definition) is 5.